The summed E-state index contributed by atoms with van der Waals surface area (Å²) in [7, 11) is 0. The summed E-state index contributed by atoms with van der Waals surface area (Å²) in [5.41, 5.74) is 0.0693. The molecule has 0 saturated carbocycles. The van der Waals surface area contributed by atoms with Crippen molar-refractivity contribution in [1.29, 1.82) is 0 Å². The van der Waals surface area contributed by atoms with E-state index in [1.807, 2.05) is 19.1 Å². The number of ether oxygens (including phenoxy) is 1. The van der Waals surface area contributed by atoms with Gasteiger partial charge in [0, 0.05) is 5.69 Å². The summed E-state index contributed by atoms with van der Waals surface area (Å²) < 4.78 is 50.9. The lowest BCUT2D eigenvalue weighted by atomic mass is 10.1. The lowest BCUT2D eigenvalue weighted by molar-refractivity contribution is -0.137. The molecule has 6 nitrogen and oxygen atoms in total. The zero-order valence-corrected chi connectivity index (χ0v) is 16.7. The van der Waals surface area contributed by atoms with E-state index in [1.54, 1.807) is 13.0 Å². The molecule has 0 aliphatic carbocycles. The van der Waals surface area contributed by atoms with Crippen molar-refractivity contribution in [2.75, 3.05) is 17.2 Å². The van der Waals surface area contributed by atoms with Gasteiger partial charge in [0.1, 0.15) is 5.75 Å². The Hall–Kier alpha value is -3.75. The van der Waals surface area contributed by atoms with Crippen LogP contribution in [0.4, 0.5) is 24.5 Å². The molecule has 0 unspecified atom stereocenters. The summed E-state index contributed by atoms with van der Waals surface area (Å²) in [5, 5.41) is 4.54. The van der Waals surface area contributed by atoms with Crippen molar-refractivity contribution in [2.45, 2.75) is 20.0 Å². The molecule has 1 heterocycles. The lowest BCUT2D eigenvalue weighted by Gasteiger charge is -2.16. The number of nitrogens with one attached hydrogen (secondary N) is 2. The van der Waals surface area contributed by atoms with Gasteiger partial charge in [0.15, 0.2) is 12.4 Å². The van der Waals surface area contributed by atoms with Crippen LogP contribution in [0, 0.1) is 13.8 Å². The Morgan fingerprint density at radius 2 is 1.81 bits per heavy atom. The van der Waals surface area contributed by atoms with Crippen molar-refractivity contribution >= 4 is 23.2 Å². The average molecular weight is 432 g/mol. The van der Waals surface area contributed by atoms with Crippen molar-refractivity contribution < 1.29 is 31.9 Å². The van der Waals surface area contributed by atoms with Gasteiger partial charge in [-0.3, -0.25) is 9.59 Å². The van der Waals surface area contributed by atoms with Crippen LogP contribution in [0.15, 0.2) is 59.2 Å². The third-order valence-electron chi connectivity index (χ3n) is 4.30. The quantitative estimate of drug-likeness (QED) is 0.562. The first-order valence-corrected chi connectivity index (χ1v) is 9.19. The number of alkyl halides is 3. The number of carbonyl (C=O) groups is 2. The summed E-state index contributed by atoms with van der Waals surface area (Å²) in [5.74, 6) is -1.02. The van der Waals surface area contributed by atoms with Crippen LogP contribution in [0.5, 0.6) is 5.75 Å². The van der Waals surface area contributed by atoms with Crippen molar-refractivity contribution in [3.8, 4) is 5.75 Å². The topological polar surface area (TPSA) is 80.6 Å². The van der Waals surface area contributed by atoms with Crippen LogP contribution in [0.25, 0.3) is 0 Å². The summed E-state index contributed by atoms with van der Waals surface area (Å²) in [6.07, 6.45) is -3.49. The Morgan fingerprint density at radius 3 is 2.48 bits per heavy atom. The molecule has 3 rings (SSSR count). The fourth-order valence-corrected chi connectivity index (χ4v) is 2.76. The predicted molar refractivity (Wildman–Crippen MR) is 108 cm³/mol. The number of benzene rings is 2. The molecule has 0 aliphatic heterocycles. The highest BCUT2D eigenvalue weighted by Crippen LogP contribution is 2.36. The van der Waals surface area contributed by atoms with Gasteiger partial charge in [-0.05, 0) is 61.4 Å². The summed E-state index contributed by atoms with van der Waals surface area (Å²) in [6, 6.07) is 11.3. The van der Waals surface area contributed by atoms with Gasteiger partial charge in [0.05, 0.1) is 17.5 Å². The number of hydrogen-bond acceptors (Lipinski definition) is 4. The summed E-state index contributed by atoms with van der Waals surface area (Å²) in [6.45, 7) is 3.19. The number of aryl methyl sites for hydroxylation is 2. The van der Waals surface area contributed by atoms with Crippen LogP contribution in [0.1, 0.15) is 27.2 Å². The number of anilines is 2. The first-order valence-electron chi connectivity index (χ1n) is 9.19. The van der Waals surface area contributed by atoms with Crippen LogP contribution in [-0.2, 0) is 11.0 Å². The van der Waals surface area contributed by atoms with Gasteiger partial charge in [0.2, 0.25) is 0 Å². The van der Waals surface area contributed by atoms with E-state index in [4.69, 9.17) is 9.15 Å². The van der Waals surface area contributed by atoms with E-state index >= 15 is 0 Å². The molecule has 2 N–H and O–H groups in total. The Morgan fingerprint density at radius 1 is 1.03 bits per heavy atom. The molecular formula is C22H19F3N2O4. The lowest BCUT2D eigenvalue weighted by Crippen LogP contribution is -2.23. The zero-order valence-electron chi connectivity index (χ0n) is 16.7. The van der Waals surface area contributed by atoms with E-state index < -0.39 is 35.8 Å². The van der Waals surface area contributed by atoms with Crippen molar-refractivity contribution in [2.24, 2.45) is 0 Å². The number of hydrogen-bond donors (Lipinski definition) is 2. The number of amides is 2. The van der Waals surface area contributed by atoms with Gasteiger partial charge in [-0.2, -0.15) is 13.2 Å². The Balaban J connectivity index is 1.73. The largest absolute Gasteiger partial charge is 0.483 e. The van der Waals surface area contributed by atoms with E-state index in [1.165, 1.54) is 24.5 Å². The highest BCUT2D eigenvalue weighted by atomic mass is 19.4. The maximum Gasteiger partial charge on any atom is 0.418 e. The van der Waals surface area contributed by atoms with Crippen LogP contribution < -0.4 is 15.4 Å². The van der Waals surface area contributed by atoms with Crippen molar-refractivity contribution in [1.82, 2.24) is 0 Å². The second kappa shape index (κ2) is 8.95. The summed E-state index contributed by atoms with van der Waals surface area (Å²) >= 11 is 0. The molecule has 0 bridgehead atoms. The molecule has 0 atom stereocenters. The molecule has 0 aliphatic rings. The van der Waals surface area contributed by atoms with Gasteiger partial charge in [-0.15, -0.1) is 0 Å². The Labute approximate surface area is 176 Å². The van der Waals surface area contributed by atoms with Gasteiger partial charge in [-0.1, -0.05) is 12.1 Å². The zero-order chi connectivity index (χ0) is 22.6. The van der Waals surface area contributed by atoms with Crippen LogP contribution in [-0.4, -0.2) is 18.4 Å². The van der Waals surface area contributed by atoms with Crippen LogP contribution in [0.2, 0.25) is 0 Å². The molecule has 162 valence electrons. The van der Waals surface area contributed by atoms with Gasteiger partial charge >= 0.3 is 6.18 Å². The van der Waals surface area contributed by atoms with Gasteiger partial charge < -0.3 is 19.8 Å². The molecule has 0 fully saturated rings. The average Bonchev–Trinajstić information content (AvgIpc) is 3.24. The number of carbonyl (C=O) groups excluding carboxylic acids is 2. The monoisotopic (exact) mass is 432 g/mol. The second-order valence-corrected chi connectivity index (χ2v) is 6.80. The molecule has 2 amide bonds. The predicted octanol–water partition coefficient (Wildman–Crippen LogP) is 5.19. The van der Waals surface area contributed by atoms with E-state index in [-0.39, 0.29) is 11.4 Å². The Kier molecular flexibility index (Phi) is 6.33. The molecular weight excluding hydrogens is 413 g/mol. The van der Waals surface area contributed by atoms with Gasteiger partial charge in [-0.25, -0.2) is 0 Å². The third-order valence-corrected chi connectivity index (χ3v) is 4.30. The summed E-state index contributed by atoms with van der Waals surface area (Å²) in [4.78, 5) is 24.2. The van der Waals surface area contributed by atoms with E-state index in [2.05, 4.69) is 10.6 Å². The van der Waals surface area contributed by atoms with Crippen molar-refractivity contribution in [3.63, 3.8) is 0 Å². The third kappa shape index (κ3) is 5.65. The second-order valence-electron chi connectivity index (χ2n) is 6.80. The standard InChI is InChI=1S/C22H19F3N2O4/c1-13-5-6-14(2)19(10-13)31-12-20(28)27-17-8-7-15(11-16(17)22(23,24)25)26-21(29)18-4-3-9-30-18/h3-11H,12H2,1-2H3,(H,26,29)(H,27,28). The highest BCUT2D eigenvalue weighted by molar-refractivity contribution is 6.02. The smallest absolute Gasteiger partial charge is 0.418 e. The molecule has 0 saturated heterocycles. The highest BCUT2D eigenvalue weighted by Gasteiger charge is 2.34. The van der Waals surface area contributed by atoms with Crippen LogP contribution in [0.3, 0.4) is 0 Å². The maximum atomic E-state index is 13.5. The minimum Gasteiger partial charge on any atom is -0.483 e. The van der Waals surface area contributed by atoms with E-state index in [0.717, 1.165) is 23.3 Å². The van der Waals surface area contributed by atoms with E-state index in [0.29, 0.717) is 5.75 Å². The molecule has 9 heteroatoms. The molecule has 2 aromatic carbocycles. The maximum absolute atomic E-state index is 13.5. The molecule has 0 radical (unpaired) electrons. The van der Waals surface area contributed by atoms with Gasteiger partial charge in [0.25, 0.3) is 11.8 Å². The first kappa shape index (κ1) is 21.9. The van der Waals surface area contributed by atoms with Crippen molar-refractivity contribution in [3.05, 3.63) is 77.2 Å². The molecule has 31 heavy (non-hydrogen) atoms. The number of halogens is 3. The van der Waals surface area contributed by atoms with Crippen LogP contribution >= 0.6 is 0 Å². The fraction of sp³-hybridized carbons (Fsp3) is 0.182. The SMILES string of the molecule is Cc1ccc(C)c(OCC(=O)Nc2ccc(NC(=O)c3ccco3)cc2C(F)(F)F)c1. The normalized spacial score (nSPS) is 11.1. The Bertz CT molecular complexity index is 1090. The number of rotatable bonds is 6. The molecule has 0 spiro atoms. The van der Waals surface area contributed by atoms with E-state index in [9.17, 15) is 22.8 Å². The fourth-order valence-electron chi connectivity index (χ4n) is 2.76. The first-order chi connectivity index (χ1) is 14.6. The minimum absolute atomic E-state index is 0.0467. The minimum atomic E-state index is -4.76. The molecule has 1 aromatic heterocycles. The molecule has 3 aromatic rings. The number of furan rings is 1.